The molecule has 1 aliphatic rings. The Morgan fingerprint density at radius 3 is 2.71 bits per heavy atom. The molecule has 164 valence electrons. The maximum absolute atomic E-state index is 13.2. The molecular formula is C20H20F4N6O. The van der Waals surface area contributed by atoms with Crippen LogP contribution in [-0.2, 0) is 6.54 Å². The van der Waals surface area contributed by atoms with Gasteiger partial charge in [-0.15, -0.1) is 0 Å². The van der Waals surface area contributed by atoms with Crippen molar-refractivity contribution in [3.8, 4) is 17.1 Å². The molecule has 0 radical (unpaired) electrons. The summed E-state index contributed by atoms with van der Waals surface area (Å²) in [7, 11) is 0. The second kappa shape index (κ2) is 9.00. The molecular weight excluding hydrogens is 416 g/mol. The van der Waals surface area contributed by atoms with Gasteiger partial charge in [-0.25, -0.2) is 20.2 Å². The van der Waals surface area contributed by atoms with Crippen LogP contribution in [0.1, 0.15) is 17.2 Å². The van der Waals surface area contributed by atoms with E-state index < -0.39 is 24.9 Å². The fraction of sp³-hybridized carbons (Fsp3) is 0.300. The summed E-state index contributed by atoms with van der Waals surface area (Å²) in [6.45, 7) is -0.175. The number of para-hydroxylation sites is 1. The second-order valence-corrected chi connectivity index (χ2v) is 6.96. The van der Waals surface area contributed by atoms with E-state index >= 15 is 0 Å². The van der Waals surface area contributed by atoms with Gasteiger partial charge >= 0.3 is 6.18 Å². The number of aromatic nitrogens is 3. The zero-order chi connectivity index (χ0) is 21.8. The van der Waals surface area contributed by atoms with Gasteiger partial charge in [-0.2, -0.15) is 18.7 Å². The van der Waals surface area contributed by atoms with Gasteiger partial charge in [0.25, 0.3) is 0 Å². The topological polar surface area (TPSA) is 76.0 Å². The molecule has 0 spiro atoms. The molecule has 2 aromatic heterocycles. The van der Waals surface area contributed by atoms with Crippen molar-refractivity contribution in [2.75, 3.05) is 13.3 Å². The summed E-state index contributed by atoms with van der Waals surface area (Å²) in [5, 5.41) is 0. The van der Waals surface area contributed by atoms with Crippen LogP contribution in [0, 0.1) is 0 Å². The first-order valence-corrected chi connectivity index (χ1v) is 9.53. The molecule has 3 aromatic rings. The number of halogens is 4. The number of nitrogens with one attached hydrogen (secondary N) is 3. The predicted octanol–water partition coefficient (Wildman–Crippen LogP) is 2.93. The SMILES string of the molecule is FCCOc1ccccc1Cn1cnc(-c2cc(C3NNNC3C(F)(F)F)ccn2)c1. The van der Waals surface area contributed by atoms with Gasteiger partial charge in [0.05, 0.1) is 24.6 Å². The van der Waals surface area contributed by atoms with Crippen LogP contribution in [-0.4, -0.2) is 40.0 Å². The van der Waals surface area contributed by atoms with E-state index in [1.807, 2.05) is 12.1 Å². The third-order valence-electron chi connectivity index (χ3n) is 4.84. The summed E-state index contributed by atoms with van der Waals surface area (Å²) in [6.07, 6.45) is 0.379. The van der Waals surface area contributed by atoms with Crippen molar-refractivity contribution in [2.24, 2.45) is 0 Å². The average Bonchev–Trinajstić information content (AvgIpc) is 3.43. The number of imidazole rings is 1. The van der Waals surface area contributed by atoms with E-state index in [4.69, 9.17) is 4.74 Å². The van der Waals surface area contributed by atoms with Gasteiger partial charge in [-0.05, 0) is 23.8 Å². The van der Waals surface area contributed by atoms with Crippen molar-refractivity contribution >= 4 is 0 Å². The van der Waals surface area contributed by atoms with E-state index in [1.54, 1.807) is 35.3 Å². The molecule has 11 heteroatoms. The summed E-state index contributed by atoms with van der Waals surface area (Å²) >= 11 is 0. The first kappa shape index (κ1) is 21.2. The molecule has 0 saturated carbocycles. The third kappa shape index (κ3) is 4.84. The molecule has 2 unspecified atom stereocenters. The second-order valence-electron chi connectivity index (χ2n) is 6.96. The minimum atomic E-state index is -4.43. The van der Waals surface area contributed by atoms with Crippen molar-refractivity contribution < 1.29 is 22.3 Å². The van der Waals surface area contributed by atoms with Crippen molar-refractivity contribution in [1.82, 2.24) is 30.9 Å². The molecule has 0 aliphatic carbocycles. The van der Waals surface area contributed by atoms with Crippen LogP contribution < -0.4 is 21.1 Å². The lowest BCUT2D eigenvalue weighted by molar-refractivity contribution is -0.156. The normalized spacial score (nSPS) is 19.0. The summed E-state index contributed by atoms with van der Waals surface area (Å²) in [6, 6.07) is 7.62. The van der Waals surface area contributed by atoms with E-state index in [1.165, 1.54) is 12.3 Å². The Bertz CT molecular complexity index is 1020. The average molecular weight is 436 g/mol. The molecule has 1 aromatic carbocycles. The number of nitrogens with zero attached hydrogens (tertiary/aromatic N) is 3. The summed E-state index contributed by atoms with van der Waals surface area (Å²) < 4.78 is 59.4. The fourth-order valence-electron chi connectivity index (χ4n) is 3.39. The van der Waals surface area contributed by atoms with Crippen LogP contribution in [0.2, 0.25) is 0 Å². The number of pyridine rings is 1. The van der Waals surface area contributed by atoms with Crippen molar-refractivity contribution in [3.05, 3.63) is 66.2 Å². The molecule has 3 heterocycles. The number of alkyl halides is 4. The highest BCUT2D eigenvalue weighted by atomic mass is 19.4. The zero-order valence-corrected chi connectivity index (χ0v) is 16.2. The maximum atomic E-state index is 13.2. The van der Waals surface area contributed by atoms with Crippen LogP contribution in [0.15, 0.2) is 55.1 Å². The minimum Gasteiger partial charge on any atom is -0.491 e. The molecule has 0 bridgehead atoms. The molecule has 1 aliphatic heterocycles. The monoisotopic (exact) mass is 436 g/mol. The molecule has 3 N–H and O–H groups in total. The van der Waals surface area contributed by atoms with E-state index in [0.29, 0.717) is 29.2 Å². The number of ether oxygens (including phenoxy) is 1. The highest BCUT2D eigenvalue weighted by Gasteiger charge is 2.48. The van der Waals surface area contributed by atoms with Crippen LogP contribution in [0.3, 0.4) is 0 Å². The first-order valence-electron chi connectivity index (χ1n) is 9.53. The van der Waals surface area contributed by atoms with E-state index in [-0.39, 0.29) is 6.61 Å². The maximum Gasteiger partial charge on any atom is 0.407 e. The van der Waals surface area contributed by atoms with Gasteiger partial charge in [0.1, 0.15) is 30.8 Å². The van der Waals surface area contributed by atoms with Gasteiger partial charge in [0.2, 0.25) is 0 Å². The third-order valence-corrected chi connectivity index (χ3v) is 4.84. The summed E-state index contributed by atoms with van der Waals surface area (Å²) in [4.78, 5) is 8.59. The Balaban J connectivity index is 1.53. The standard InChI is InChI=1S/C20H20F4N6O/c21-6-8-31-17-4-2-1-3-14(17)10-30-11-16(26-12-30)15-9-13(5-7-25-15)18-19(20(22,23)24)28-29-27-18/h1-5,7,9,11-12,18-19,27-29H,6,8,10H2. The molecule has 7 nitrogen and oxygen atoms in total. The molecule has 4 rings (SSSR count). The van der Waals surface area contributed by atoms with Crippen LogP contribution in [0.4, 0.5) is 17.6 Å². The van der Waals surface area contributed by atoms with Gasteiger partial charge in [-0.3, -0.25) is 4.98 Å². The largest absolute Gasteiger partial charge is 0.491 e. The van der Waals surface area contributed by atoms with Crippen molar-refractivity contribution in [2.45, 2.75) is 24.8 Å². The quantitative estimate of drug-likeness (QED) is 0.495. The number of benzene rings is 1. The van der Waals surface area contributed by atoms with Gasteiger partial charge < -0.3 is 9.30 Å². The van der Waals surface area contributed by atoms with Gasteiger partial charge in [0, 0.05) is 18.0 Å². The Kier molecular flexibility index (Phi) is 6.16. The number of rotatable bonds is 7. The molecule has 0 amide bonds. The minimum absolute atomic E-state index is 0.0270. The number of hydrogen-bond donors (Lipinski definition) is 3. The number of hydrogen-bond acceptors (Lipinski definition) is 6. The van der Waals surface area contributed by atoms with Crippen LogP contribution in [0.5, 0.6) is 5.75 Å². The molecule has 1 saturated heterocycles. The molecule has 2 atom stereocenters. The highest BCUT2D eigenvalue weighted by Crippen LogP contribution is 2.32. The predicted molar refractivity (Wildman–Crippen MR) is 104 cm³/mol. The van der Waals surface area contributed by atoms with Gasteiger partial charge in [-0.1, -0.05) is 18.2 Å². The first-order chi connectivity index (χ1) is 15.0. The van der Waals surface area contributed by atoms with Crippen LogP contribution >= 0.6 is 0 Å². The van der Waals surface area contributed by atoms with Gasteiger partial charge in [0.15, 0.2) is 0 Å². The Morgan fingerprint density at radius 1 is 1.06 bits per heavy atom. The summed E-state index contributed by atoms with van der Waals surface area (Å²) in [5.41, 5.74) is 9.37. The Morgan fingerprint density at radius 2 is 1.90 bits per heavy atom. The Labute approximate surface area is 175 Å². The lowest BCUT2D eigenvalue weighted by Gasteiger charge is -2.21. The van der Waals surface area contributed by atoms with E-state index in [9.17, 15) is 17.6 Å². The molecule has 31 heavy (non-hydrogen) atoms. The molecule has 1 fully saturated rings. The Hall–Kier alpha value is -3.02. The summed E-state index contributed by atoms with van der Waals surface area (Å²) in [5.74, 6) is 0.584. The van der Waals surface area contributed by atoms with Crippen molar-refractivity contribution in [1.29, 1.82) is 0 Å². The van der Waals surface area contributed by atoms with Crippen molar-refractivity contribution in [3.63, 3.8) is 0 Å². The van der Waals surface area contributed by atoms with E-state index in [0.717, 1.165) is 5.56 Å². The lowest BCUT2D eigenvalue weighted by atomic mass is 10.0. The zero-order valence-electron chi connectivity index (χ0n) is 16.2. The lowest BCUT2D eigenvalue weighted by Crippen LogP contribution is -2.43. The smallest absolute Gasteiger partial charge is 0.407 e. The fourth-order valence-corrected chi connectivity index (χ4v) is 3.39. The highest BCUT2D eigenvalue weighted by molar-refractivity contribution is 5.54. The van der Waals surface area contributed by atoms with E-state index in [2.05, 4.69) is 26.4 Å². The number of hydrazine groups is 2. The van der Waals surface area contributed by atoms with Crippen LogP contribution in [0.25, 0.3) is 11.4 Å².